The lowest BCUT2D eigenvalue weighted by atomic mass is 10.1. The number of carboxylic acids is 1. The van der Waals surface area contributed by atoms with Crippen LogP contribution < -0.4 is 0 Å². The topological polar surface area (TPSA) is 87.2 Å². The highest BCUT2D eigenvalue weighted by Gasteiger charge is 2.66. The molecule has 2 fully saturated rings. The molecule has 0 aromatic carbocycles. The molecule has 0 spiro atoms. The number of carbonyl (C=O) groups excluding carboxylic acids is 2. The molecule has 0 aromatic heterocycles. The second kappa shape index (κ2) is 5.69. The van der Waals surface area contributed by atoms with Crippen molar-refractivity contribution >= 4 is 18.0 Å². The normalized spacial score (nSPS) is 26.7. The molecule has 2 amide bonds. The summed E-state index contributed by atoms with van der Waals surface area (Å²) in [6.07, 6.45) is -0.375. The molecule has 2 rings (SSSR count). The van der Waals surface area contributed by atoms with Crippen molar-refractivity contribution < 1.29 is 24.2 Å². The summed E-state index contributed by atoms with van der Waals surface area (Å²) >= 11 is 0. The minimum atomic E-state index is -0.916. The Morgan fingerprint density at radius 3 is 1.87 bits per heavy atom. The van der Waals surface area contributed by atoms with E-state index in [9.17, 15) is 19.5 Å². The van der Waals surface area contributed by atoms with Gasteiger partial charge in [0.15, 0.2) is 0 Å². The molecule has 1 N–H and O–H groups in total. The summed E-state index contributed by atoms with van der Waals surface area (Å²) in [5.41, 5.74) is -1.04. The molecule has 7 heteroatoms. The van der Waals surface area contributed by atoms with Gasteiger partial charge in [0.25, 0.3) is 0 Å². The highest BCUT2D eigenvalue weighted by Crippen LogP contribution is 2.59. The summed E-state index contributed by atoms with van der Waals surface area (Å²) in [7, 11) is 0. The molecule has 0 radical (unpaired) electrons. The number of carboxylic acid groups (broad SMARTS) is 1. The van der Waals surface area contributed by atoms with E-state index in [4.69, 9.17) is 4.74 Å². The Hall–Kier alpha value is -1.79. The van der Waals surface area contributed by atoms with Gasteiger partial charge in [0.1, 0.15) is 5.60 Å². The maximum absolute atomic E-state index is 12.5. The quantitative estimate of drug-likeness (QED) is 0.829. The Labute approximate surface area is 136 Å². The molecule has 1 heterocycles. The average Bonchev–Trinajstić information content (AvgIpc) is 2.99. The molecular weight excluding hydrogens is 300 g/mol. The highest BCUT2D eigenvalue weighted by atomic mass is 16.6. The van der Waals surface area contributed by atoms with Crippen LogP contribution in [0.15, 0.2) is 0 Å². The van der Waals surface area contributed by atoms with Crippen LogP contribution in [0.4, 0.5) is 4.79 Å². The van der Waals surface area contributed by atoms with Gasteiger partial charge in [-0.3, -0.25) is 9.59 Å². The number of ether oxygens (including phenoxy) is 1. The van der Waals surface area contributed by atoms with E-state index in [1.165, 1.54) is 0 Å². The number of rotatable bonds is 2. The molecule has 1 saturated heterocycles. The van der Waals surface area contributed by atoms with Gasteiger partial charge in [-0.05, 0) is 26.2 Å². The van der Waals surface area contributed by atoms with Crippen molar-refractivity contribution in [2.24, 2.45) is 17.3 Å². The van der Waals surface area contributed by atoms with E-state index in [1.54, 1.807) is 9.80 Å². The Balaban J connectivity index is 1.89. The Morgan fingerprint density at radius 2 is 1.48 bits per heavy atom. The molecule has 7 nitrogen and oxygen atoms in total. The van der Waals surface area contributed by atoms with E-state index >= 15 is 0 Å². The summed E-state index contributed by atoms with van der Waals surface area (Å²) < 4.78 is 5.32. The summed E-state index contributed by atoms with van der Waals surface area (Å²) in [4.78, 5) is 39.0. The number of nitrogens with zero attached hydrogens (tertiary/aromatic N) is 2. The van der Waals surface area contributed by atoms with Crippen LogP contribution in [0.5, 0.6) is 0 Å². The molecule has 2 atom stereocenters. The van der Waals surface area contributed by atoms with Crippen molar-refractivity contribution in [1.29, 1.82) is 0 Å². The van der Waals surface area contributed by atoms with Crippen molar-refractivity contribution in [2.45, 2.75) is 40.2 Å². The first-order valence-corrected chi connectivity index (χ1v) is 7.94. The zero-order valence-corrected chi connectivity index (χ0v) is 14.5. The largest absolute Gasteiger partial charge is 0.481 e. The number of aliphatic carboxylic acids is 1. The van der Waals surface area contributed by atoms with E-state index in [-0.39, 0.29) is 12.0 Å². The van der Waals surface area contributed by atoms with Gasteiger partial charge in [0, 0.05) is 26.2 Å². The molecule has 23 heavy (non-hydrogen) atoms. The van der Waals surface area contributed by atoms with Gasteiger partial charge in [-0.2, -0.15) is 0 Å². The molecule has 2 aliphatic rings. The fourth-order valence-electron chi connectivity index (χ4n) is 3.19. The van der Waals surface area contributed by atoms with Crippen LogP contribution in [0.1, 0.15) is 34.6 Å². The number of carbonyl (C=O) groups is 3. The maximum atomic E-state index is 12.5. The predicted octanol–water partition coefficient (Wildman–Crippen LogP) is 1.42. The summed E-state index contributed by atoms with van der Waals surface area (Å²) in [6, 6.07) is 0. The Morgan fingerprint density at radius 1 is 1.00 bits per heavy atom. The van der Waals surface area contributed by atoms with Crippen molar-refractivity contribution in [3.05, 3.63) is 0 Å². The van der Waals surface area contributed by atoms with Crippen LogP contribution >= 0.6 is 0 Å². The van der Waals surface area contributed by atoms with Crippen LogP contribution in [0.3, 0.4) is 0 Å². The van der Waals surface area contributed by atoms with Crippen molar-refractivity contribution in [2.75, 3.05) is 26.2 Å². The fraction of sp³-hybridized carbons (Fsp3) is 0.812. The SMILES string of the molecule is CC(C)(C)OC(=O)N1CCN(C(=O)[C@H]2[C@@H](C(=O)O)C2(C)C)CC1. The van der Waals surface area contributed by atoms with Gasteiger partial charge in [0.2, 0.25) is 5.91 Å². The number of hydrogen-bond donors (Lipinski definition) is 1. The minimum Gasteiger partial charge on any atom is -0.481 e. The molecule has 0 unspecified atom stereocenters. The van der Waals surface area contributed by atoms with Crippen LogP contribution in [0, 0.1) is 17.3 Å². The van der Waals surface area contributed by atoms with Crippen molar-refractivity contribution in [3.63, 3.8) is 0 Å². The zero-order chi connectivity index (χ0) is 17.6. The van der Waals surface area contributed by atoms with Gasteiger partial charge < -0.3 is 19.6 Å². The third kappa shape index (κ3) is 3.59. The zero-order valence-electron chi connectivity index (χ0n) is 14.5. The first-order valence-electron chi connectivity index (χ1n) is 7.94. The first-order chi connectivity index (χ1) is 10.4. The predicted molar refractivity (Wildman–Crippen MR) is 82.8 cm³/mol. The van der Waals surface area contributed by atoms with Crippen LogP contribution in [0.2, 0.25) is 0 Å². The maximum Gasteiger partial charge on any atom is 0.410 e. The van der Waals surface area contributed by atoms with E-state index in [0.29, 0.717) is 26.2 Å². The van der Waals surface area contributed by atoms with Crippen LogP contribution in [-0.4, -0.2) is 64.7 Å². The smallest absolute Gasteiger partial charge is 0.410 e. The summed E-state index contributed by atoms with van der Waals surface area (Å²) in [5.74, 6) is -2.11. The molecule has 1 aliphatic carbocycles. The molecule has 0 bridgehead atoms. The van der Waals surface area contributed by atoms with E-state index < -0.39 is 28.8 Å². The standard InChI is InChI=1S/C16H26N2O5/c1-15(2,3)23-14(22)18-8-6-17(7-9-18)12(19)10-11(13(20)21)16(10,4)5/h10-11H,6-9H2,1-5H3,(H,20,21)/t10-,11+/m1/s1. The van der Waals surface area contributed by atoms with Crippen molar-refractivity contribution in [1.82, 2.24) is 9.80 Å². The second-order valence-corrected chi connectivity index (χ2v) is 7.91. The molecule has 1 saturated carbocycles. The van der Waals surface area contributed by atoms with E-state index in [2.05, 4.69) is 0 Å². The lowest BCUT2D eigenvalue weighted by Gasteiger charge is -2.36. The fourth-order valence-corrected chi connectivity index (χ4v) is 3.19. The Kier molecular flexibility index (Phi) is 4.34. The van der Waals surface area contributed by atoms with Crippen LogP contribution in [0.25, 0.3) is 0 Å². The monoisotopic (exact) mass is 326 g/mol. The highest BCUT2D eigenvalue weighted by molar-refractivity contribution is 5.91. The van der Waals surface area contributed by atoms with Crippen molar-refractivity contribution in [3.8, 4) is 0 Å². The number of piperazine rings is 1. The molecule has 130 valence electrons. The number of hydrogen-bond acceptors (Lipinski definition) is 4. The lowest BCUT2D eigenvalue weighted by molar-refractivity contribution is -0.142. The first kappa shape index (κ1) is 17.6. The molecule has 1 aliphatic heterocycles. The number of amides is 2. The second-order valence-electron chi connectivity index (χ2n) is 7.91. The van der Waals surface area contributed by atoms with E-state index in [1.807, 2.05) is 34.6 Å². The third-order valence-corrected chi connectivity index (χ3v) is 4.60. The minimum absolute atomic E-state index is 0.119. The lowest BCUT2D eigenvalue weighted by Crippen LogP contribution is -2.52. The van der Waals surface area contributed by atoms with E-state index in [0.717, 1.165) is 0 Å². The average molecular weight is 326 g/mol. The summed E-state index contributed by atoms with van der Waals surface area (Å²) in [5, 5.41) is 9.19. The van der Waals surface area contributed by atoms with Gasteiger partial charge in [-0.15, -0.1) is 0 Å². The van der Waals surface area contributed by atoms with Gasteiger partial charge in [0.05, 0.1) is 11.8 Å². The summed E-state index contributed by atoms with van der Waals surface area (Å²) in [6.45, 7) is 10.7. The third-order valence-electron chi connectivity index (χ3n) is 4.60. The van der Waals surface area contributed by atoms with Gasteiger partial charge in [-0.1, -0.05) is 13.8 Å². The van der Waals surface area contributed by atoms with Gasteiger partial charge in [-0.25, -0.2) is 4.79 Å². The molecular formula is C16H26N2O5. The van der Waals surface area contributed by atoms with Gasteiger partial charge >= 0.3 is 12.1 Å². The Bertz CT molecular complexity index is 515. The van der Waals surface area contributed by atoms with Crippen LogP contribution in [-0.2, 0) is 14.3 Å². The molecule has 0 aromatic rings.